The second-order valence-corrected chi connectivity index (χ2v) is 6.45. The maximum atomic E-state index is 13.6. The highest BCUT2D eigenvalue weighted by Crippen LogP contribution is 2.19. The van der Waals surface area contributed by atoms with Crippen LogP contribution in [-0.2, 0) is 10.0 Å². The van der Waals surface area contributed by atoms with Crippen molar-refractivity contribution in [2.75, 3.05) is 13.2 Å². The first-order valence-electron chi connectivity index (χ1n) is 6.53. The quantitative estimate of drug-likeness (QED) is 0.301. The van der Waals surface area contributed by atoms with E-state index in [0.717, 1.165) is 0 Å². The van der Waals surface area contributed by atoms with Crippen molar-refractivity contribution < 1.29 is 46.1 Å². The minimum Gasteiger partial charge on any atom is -0.394 e. The highest BCUT2D eigenvalue weighted by Gasteiger charge is 2.35. The standard InChI is InChI=1S/C12H14F4N2O6S/c13-8-2-1-6(25(23,24)18-12(14,15)16)3-7(8)11(22)17-4-9(20)10(21)5-19/h1-3,9-10,18-21H,4-5H2,(H,17,22). The zero-order valence-electron chi connectivity index (χ0n) is 12.3. The molecule has 0 aliphatic rings. The van der Waals surface area contributed by atoms with Crippen molar-refractivity contribution in [1.82, 2.24) is 10.0 Å². The van der Waals surface area contributed by atoms with E-state index in [2.05, 4.69) is 0 Å². The molecule has 2 atom stereocenters. The Labute approximate surface area is 139 Å². The van der Waals surface area contributed by atoms with E-state index in [9.17, 15) is 35.9 Å². The lowest BCUT2D eigenvalue weighted by Crippen LogP contribution is -2.41. The van der Waals surface area contributed by atoms with Gasteiger partial charge in [0.1, 0.15) is 11.9 Å². The summed E-state index contributed by atoms with van der Waals surface area (Å²) in [4.78, 5) is 10.8. The first-order valence-corrected chi connectivity index (χ1v) is 8.01. The molecule has 0 radical (unpaired) electrons. The van der Waals surface area contributed by atoms with E-state index >= 15 is 0 Å². The smallest absolute Gasteiger partial charge is 0.394 e. The highest BCUT2D eigenvalue weighted by molar-refractivity contribution is 7.89. The van der Waals surface area contributed by atoms with Crippen LogP contribution >= 0.6 is 0 Å². The fourth-order valence-electron chi connectivity index (χ4n) is 1.61. The Bertz CT molecular complexity index is 725. The second kappa shape index (κ2) is 8.05. The third kappa shape index (κ3) is 6.21. The van der Waals surface area contributed by atoms with Crippen molar-refractivity contribution in [1.29, 1.82) is 0 Å². The molecule has 0 heterocycles. The molecule has 25 heavy (non-hydrogen) atoms. The van der Waals surface area contributed by atoms with Gasteiger partial charge in [0.2, 0.25) is 10.0 Å². The number of carbonyl (C=O) groups is 1. The molecule has 0 aromatic heterocycles. The zero-order chi connectivity index (χ0) is 19.4. The average Bonchev–Trinajstić information content (AvgIpc) is 2.49. The third-order valence-electron chi connectivity index (χ3n) is 2.85. The third-order valence-corrected chi connectivity index (χ3v) is 4.22. The predicted molar refractivity (Wildman–Crippen MR) is 74.2 cm³/mol. The van der Waals surface area contributed by atoms with Crippen molar-refractivity contribution in [3.63, 3.8) is 0 Å². The highest BCUT2D eigenvalue weighted by atomic mass is 32.2. The van der Waals surface area contributed by atoms with E-state index in [-0.39, 0.29) is 0 Å². The van der Waals surface area contributed by atoms with Crippen LogP contribution in [0.2, 0.25) is 0 Å². The first kappa shape index (κ1) is 21.2. The van der Waals surface area contributed by atoms with Crippen LogP contribution in [0.15, 0.2) is 23.1 Å². The van der Waals surface area contributed by atoms with Gasteiger partial charge in [-0.05, 0) is 18.2 Å². The van der Waals surface area contributed by atoms with Crippen LogP contribution in [0.4, 0.5) is 17.6 Å². The molecule has 0 fully saturated rings. The zero-order valence-corrected chi connectivity index (χ0v) is 13.1. The summed E-state index contributed by atoms with van der Waals surface area (Å²) >= 11 is 0. The molecule has 0 saturated heterocycles. The number of aliphatic hydroxyl groups excluding tert-OH is 3. The topological polar surface area (TPSA) is 136 Å². The van der Waals surface area contributed by atoms with Crippen LogP contribution in [0.25, 0.3) is 0 Å². The number of alkyl halides is 3. The van der Waals surface area contributed by atoms with E-state index in [4.69, 9.17) is 10.2 Å². The largest absolute Gasteiger partial charge is 0.470 e. The second-order valence-electron chi connectivity index (χ2n) is 4.77. The summed E-state index contributed by atoms with van der Waals surface area (Å²) in [5.41, 5.74) is -0.893. The molecule has 1 rings (SSSR count). The van der Waals surface area contributed by atoms with Gasteiger partial charge in [-0.3, -0.25) is 4.79 Å². The predicted octanol–water partition coefficient (Wildman–Crippen LogP) is -0.932. The van der Waals surface area contributed by atoms with Gasteiger partial charge < -0.3 is 20.6 Å². The van der Waals surface area contributed by atoms with Crippen molar-refractivity contribution >= 4 is 15.9 Å². The summed E-state index contributed by atoms with van der Waals surface area (Å²) in [6, 6.07) is 1.40. The molecule has 1 aromatic rings. The Kier molecular flexibility index (Phi) is 6.84. The van der Waals surface area contributed by atoms with Gasteiger partial charge in [-0.1, -0.05) is 0 Å². The lowest BCUT2D eigenvalue weighted by atomic mass is 10.1. The fourth-order valence-corrected chi connectivity index (χ4v) is 2.55. The Balaban J connectivity index is 3.00. The van der Waals surface area contributed by atoms with Gasteiger partial charge in [0.05, 0.1) is 23.2 Å². The number of amides is 1. The summed E-state index contributed by atoms with van der Waals surface area (Å²) in [6.45, 7) is -1.44. The molecule has 5 N–H and O–H groups in total. The molecular weight excluding hydrogens is 376 g/mol. The van der Waals surface area contributed by atoms with Crippen molar-refractivity contribution in [3.8, 4) is 0 Å². The Morgan fingerprint density at radius 3 is 2.32 bits per heavy atom. The number of hydrogen-bond donors (Lipinski definition) is 5. The lowest BCUT2D eigenvalue weighted by Gasteiger charge is -2.16. The van der Waals surface area contributed by atoms with Crippen molar-refractivity contribution in [2.45, 2.75) is 23.4 Å². The average molecular weight is 390 g/mol. The van der Waals surface area contributed by atoms with Crippen LogP contribution in [0.5, 0.6) is 0 Å². The van der Waals surface area contributed by atoms with Gasteiger partial charge in [0, 0.05) is 6.54 Å². The molecular formula is C12H14F4N2O6S. The molecule has 13 heteroatoms. The van der Waals surface area contributed by atoms with Crippen LogP contribution < -0.4 is 10.0 Å². The van der Waals surface area contributed by atoms with Crippen LogP contribution in [0, 0.1) is 5.82 Å². The van der Waals surface area contributed by atoms with E-state index < -0.39 is 63.9 Å². The van der Waals surface area contributed by atoms with E-state index in [1.807, 2.05) is 5.32 Å². The molecule has 1 amide bonds. The van der Waals surface area contributed by atoms with Crippen LogP contribution in [0.3, 0.4) is 0 Å². The number of hydrogen-bond acceptors (Lipinski definition) is 6. The number of aliphatic hydroxyl groups is 3. The molecule has 0 saturated carbocycles. The first-order chi connectivity index (χ1) is 11.4. The normalized spacial score (nSPS) is 14.8. The van der Waals surface area contributed by atoms with Gasteiger partial charge in [-0.15, -0.1) is 4.72 Å². The number of nitrogens with one attached hydrogen (secondary N) is 2. The number of benzene rings is 1. The molecule has 142 valence electrons. The molecule has 0 spiro atoms. The fraction of sp³-hybridized carbons (Fsp3) is 0.417. The Morgan fingerprint density at radius 2 is 1.80 bits per heavy atom. The molecule has 0 aliphatic carbocycles. The maximum Gasteiger partial charge on any atom is 0.470 e. The molecule has 0 aliphatic heterocycles. The monoisotopic (exact) mass is 390 g/mol. The van der Waals surface area contributed by atoms with Gasteiger partial charge in [-0.25, -0.2) is 12.8 Å². The van der Waals surface area contributed by atoms with Crippen LogP contribution in [0.1, 0.15) is 10.4 Å². The minimum atomic E-state index is -5.26. The minimum absolute atomic E-state index is 0.383. The number of halogens is 4. The molecule has 0 bridgehead atoms. The number of rotatable bonds is 7. The summed E-state index contributed by atoms with van der Waals surface area (Å²) in [7, 11) is -5.08. The molecule has 1 aromatic carbocycles. The van der Waals surface area contributed by atoms with Gasteiger partial charge in [-0.2, -0.15) is 13.2 Å². The van der Waals surface area contributed by atoms with E-state index in [1.54, 1.807) is 0 Å². The Morgan fingerprint density at radius 1 is 1.20 bits per heavy atom. The van der Waals surface area contributed by atoms with Crippen molar-refractivity contribution in [3.05, 3.63) is 29.6 Å². The summed E-state index contributed by atoms with van der Waals surface area (Å²) in [5, 5.41) is 29.0. The summed E-state index contributed by atoms with van der Waals surface area (Å²) < 4.78 is 73.7. The maximum absolute atomic E-state index is 13.6. The SMILES string of the molecule is O=C(NCC(O)C(O)CO)c1cc(S(=O)(=O)NC(F)(F)F)ccc1F. The summed E-state index contributed by atoms with van der Waals surface area (Å²) in [5.74, 6) is -2.47. The summed E-state index contributed by atoms with van der Waals surface area (Å²) in [6.07, 6.45) is -8.45. The molecule has 8 nitrogen and oxygen atoms in total. The van der Waals surface area contributed by atoms with Crippen LogP contribution in [-0.4, -0.2) is 61.3 Å². The van der Waals surface area contributed by atoms with E-state index in [1.165, 1.54) is 0 Å². The lowest BCUT2D eigenvalue weighted by molar-refractivity contribution is -0.138. The van der Waals surface area contributed by atoms with Gasteiger partial charge in [0.15, 0.2) is 0 Å². The van der Waals surface area contributed by atoms with Gasteiger partial charge in [0.25, 0.3) is 5.91 Å². The number of sulfonamides is 1. The van der Waals surface area contributed by atoms with Crippen molar-refractivity contribution in [2.24, 2.45) is 0 Å². The van der Waals surface area contributed by atoms with Gasteiger partial charge >= 0.3 is 6.30 Å². The van der Waals surface area contributed by atoms with E-state index in [0.29, 0.717) is 22.9 Å². The molecule has 2 unspecified atom stereocenters. The Hall–Kier alpha value is -1.80. The number of carbonyl (C=O) groups excluding carboxylic acids is 1.